The van der Waals surface area contributed by atoms with Crippen LogP contribution >= 0.6 is 11.8 Å². The molecule has 2 amide bonds. The maximum Gasteiger partial charge on any atom is 0.217 e. The predicted octanol–water partition coefficient (Wildman–Crippen LogP) is 3.34. The molecule has 724 valence electrons. The van der Waals surface area contributed by atoms with Gasteiger partial charge in [-0.2, -0.15) is 11.8 Å². The van der Waals surface area contributed by atoms with E-state index in [-0.39, 0.29) is 65.6 Å². The predicted molar refractivity (Wildman–Crippen MR) is 471 cm³/mol. The highest BCUT2D eigenvalue weighted by Gasteiger charge is 2.48. The lowest BCUT2D eigenvalue weighted by Gasteiger charge is -2.42. The molecular formula is C84H165N17O22S. The molecule has 8 rings (SSSR count). The Morgan fingerprint density at radius 3 is 1.12 bits per heavy atom. The average molecular weight is 1800 g/mol. The first-order valence-corrected chi connectivity index (χ1v) is 44.9. The molecule has 124 heavy (non-hydrogen) atoms. The monoisotopic (exact) mass is 1800 g/mol. The number of carbonyl (C=O) groups is 2. The van der Waals surface area contributed by atoms with Crippen molar-refractivity contribution in [1.82, 2.24) is 85.7 Å². The maximum atomic E-state index is 12.0. The third-order valence-electron chi connectivity index (χ3n) is 21.1. The summed E-state index contributed by atoms with van der Waals surface area (Å²) in [7, 11) is 7.00. The van der Waals surface area contributed by atoms with E-state index in [4.69, 9.17) is 33.2 Å². The zero-order valence-electron chi connectivity index (χ0n) is 74.6. The largest absolute Gasteiger partial charge is 0.394 e. The zero-order valence-corrected chi connectivity index (χ0v) is 75.4. The Morgan fingerprint density at radius 2 is 0.774 bits per heavy atom. The number of aryl methyl sites for hydroxylation is 4. The molecule has 0 aliphatic carbocycles. The van der Waals surface area contributed by atoms with Gasteiger partial charge in [0.25, 0.3) is 0 Å². The molecule has 4 aromatic rings. The van der Waals surface area contributed by atoms with Gasteiger partial charge in [0.15, 0.2) is 18.9 Å². The van der Waals surface area contributed by atoms with Gasteiger partial charge in [-0.25, -0.2) is 0 Å². The fraction of sp³-hybridized carbons (Fsp3) is 0.881. The van der Waals surface area contributed by atoms with Crippen LogP contribution in [0.1, 0.15) is 223 Å². The fourth-order valence-electron chi connectivity index (χ4n) is 14.8. The fourth-order valence-corrected chi connectivity index (χ4v) is 14.8. The van der Waals surface area contributed by atoms with Crippen molar-refractivity contribution in [2.75, 3.05) is 93.6 Å². The number of rotatable bonds is 48. The van der Waals surface area contributed by atoms with Crippen LogP contribution in [0.25, 0.3) is 0 Å². The molecule has 4 fully saturated rings. The van der Waals surface area contributed by atoms with Crippen molar-refractivity contribution in [2.24, 2.45) is 17.3 Å². The van der Waals surface area contributed by atoms with Gasteiger partial charge in [0, 0.05) is 143 Å². The minimum absolute atomic E-state index is 0. The zero-order chi connectivity index (χ0) is 89.6. The van der Waals surface area contributed by atoms with Crippen LogP contribution in [0, 0.1) is 17.3 Å². The number of hydrogen-bond donors (Lipinski definition) is 15. The average Bonchev–Trinajstić information content (AvgIpc) is 1.10. The van der Waals surface area contributed by atoms with Crippen molar-refractivity contribution in [2.45, 2.75) is 369 Å². The van der Waals surface area contributed by atoms with Crippen molar-refractivity contribution >= 4 is 23.6 Å². The summed E-state index contributed by atoms with van der Waals surface area (Å²) in [5.41, 5.74) is 2.94. The number of carbonyl (C=O) groups excluding carboxylic acids is 2. The van der Waals surface area contributed by atoms with E-state index in [2.05, 4.69) is 106 Å². The van der Waals surface area contributed by atoms with Crippen LogP contribution in [0.5, 0.6) is 0 Å². The number of nitrogens with one attached hydrogen (secondary N) is 3. The lowest BCUT2D eigenvalue weighted by atomic mass is 9.82. The summed E-state index contributed by atoms with van der Waals surface area (Å²) in [5.74, 6) is -1.59. The van der Waals surface area contributed by atoms with E-state index >= 15 is 0 Å². The summed E-state index contributed by atoms with van der Waals surface area (Å²) in [6.45, 7) is 21.2. The topological polar surface area (TPSA) is 516 Å². The van der Waals surface area contributed by atoms with E-state index in [1.165, 1.54) is 20.3 Å². The first-order chi connectivity index (χ1) is 57.9. The second-order valence-electron chi connectivity index (χ2n) is 33.1. The molecule has 0 bridgehead atoms. The molecule has 21 atom stereocenters. The van der Waals surface area contributed by atoms with Crippen molar-refractivity contribution < 1.29 is 109 Å². The first-order valence-electron chi connectivity index (χ1n) is 43.2. The van der Waals surface area contributed by atoms with E-state index in [0.29, 0.717) is 91.2 Å². The molecule has 4 aliphatic rings. The molecular weight excluding hydrogens is 1630 g/mol. The van der Waals surface area contributed by atoms with Gasteiger partial charge in [-0.05, 0) is 122 Å². The second kappa shape index (κ2) is 64.6. The summed E-state index contributed by atoms with van der Waals surface area (Å²) >= 11 is 1.75. The van der Waals surface area contributed by atoms with Crippen molar-refractivity contribution in [1.29, 1.82) is 0 Å². The van der Waals surface area contributed by atoms with Crippen LogP contribution in [0.4, 0.5) is 0 Å². The second-order valence-corrected chi connectivity index (χ2v) is 33.9. The van der Waals surface area contributed by atoms with E-state index in [9.17, 15) is 70.9 Å². The highest BCUT2D eigenvalue weighted by atomic mass is 32.2. The van der Waals surface area contributed by atoms with Crippen LogP contribution in [0.15, 0.2) is 24.8 Å². The van der Waals surface area contributed by atoms with E-state index in [1.807, 2.05) is 77.0 Å². The van der Waals surface area contributed by atoms with Crippen LogP contribution in [-0.4, -0.2) is 353 Å². The Bertz CT molecular complexity index is 3300. The number of hydrogen-bond acceptors (Lipinski definition) is 34. The number of aliphatic hydroxyl groups is 12. The van der Waals surface area contributed by atoms with Crippen LogP contribution in [0.2, 0.25) is 0 Å². The molecule has 4 aromatic heterocycles. The molecule has 1 unspecified atom stereocenters. The molecule has 15 N–H and O–H groups in total. The molecule has 0 aromatic carbocycles. The summed E-state index contributed by atoms with van der Waals surface area (Å²) in [5, 5.41) is 167. The van der Waals surface area contributed by atoms with Gasteiger partial charge in [-0.15, -0.1) is 20.4 Å². The van der Waals surface area contributed by atoms with Gasteiger partial charge in [-0.1, -0.05) is 124 Å². The number of thioether (sulfide) groups is 1. The van der Waals surface area contributed by atoms with E-state index in [1.54, 1.807) is 32.9 Å². The minimum atomic E-state index is -1.41. The first kappa shape index (κ1) is 117. The number of unbranched alkanes of at least 4 members (excludes halogenated alkanes) is 10. The summed E-state index contributed by atoms with van der Waals surface area (Å²) in [4.78, 5) is 28.6. The van der Waals surface area contributed by atoms with Crippen molar-refractivity contribution in [3.63, 3.8) is 0 Å². The van der Waals surface area contributed by atoms with Crippen LogP contribution < -0.4 is 16.0 Å². The normalized spacial score (nSPS) is 26.4. The quantitative estimate of drug-likeness (QED) is 0.0282. The standard InChI is InChI=1S/C72H126N16O21.C3H8.C2H7N.C2H6O.C2H6S.3CH4/c1-45-53(106-54(41-89)63(97)61(45)95)23-13-8-9-15-26-85-37-49(75-79-85)33-83(34-50-38-86(80-76-50)27-17-11-21-31-104-70-59(73-47(3)93)67(101)65(99)56(43-91)108-70)25-19-14-24-58(72(5,6)7)84(35-51-39-87(81-77-51)28-16-10-20-30-103-69-46(2)62(96)64(98)55(42-90)107-69)36-52-40-88(82-78-52)29-18-12-22-32-105-71-60(74-48(4)94)68(102)66(100)57(44-92)109-71;4*1-3-2;;;/h37-40,45-46,53-71,89-92,95-102H,8-36,41-44H2,1-7H3,(H,73,93)(H,74,94);3H2,1-2H3;3H,1-2H3;2*1-2H3;3*1H4/t45-,46+,53-,54+,55+,56+,57+,58?,59+,60+,61+,62+,63-,64-,65-,66-,67+,68+,69+,70+,71+;;;;;;;/m0......./s1. The Kier molecular flexibility index (Phi) is 61.0. The smallest absolute Gasteiger partial charge is 0.217 e. The third kappa shape index (κ3) is 40.9. The Labute approximate surface area is 742 Å². The Morgan fingerprint density at radius 1 is 0.468 bits per heavy atom. The molecule has 4 aliphatic heterocycles. The van der Waals surface area contributed by atoms with E-state index < -0.39 is 142 Å². The van der Waals surface area contributed by atoms with Gasteiger partial charge in [0.2, 0.25) is 11.8 Å². The van der Waals surface area contributed by atoms with Gasteiger partial charge < -0.3 is 115 Å². The minimum Gasteiger partial charge on any atom is -0.394 e. The van der Waals surface area contributed by atoms with Gasteiger partial charge in [-0.3, -0.25) is 38.1 Å². The summed E-state index contributed by atoms with van der Waals surface area (Å²) in [6, 6.07) is -2.02. The van der Waals surface area contributed by atoms with E-state index in [0.717, 1.165) is 106 Å². The number of nitrogens with zero attached hydrogens (tertiary/aromatic N) is 14. The summed E-state index contributed by atoms with van der Waals surface area (Å²) in [6.07, 6.45) is 9.62. The lowest BCUT2D eigenvalue weighted by molar-refractivity contribution is -0.282. The maximum absolute atomic E-state index is 12.0. The van der Waals surface area contributed by atoms with Gasteiger partial charge in [0.05, 0.1) is 67.5 Å². The molecule has 0 spiro atoms. The van der Waals surface area contributed by atoms with Crippen LogP contribution in [-0.2, 0) is 99.8 Å². The van der Waals surface area contributed by atoms with Gasteiger partial charge in [0.1, 0.15) is 73.1 Å². The van der Waals surface area contributed by atoms with Crippen molar-refractivity contribution in [3.05, 3.63) is 47.6 Å². The highest BCUT2D eigenvalue weighted by molar-refractivity contribution is 7.97. The van der Waals surface area contributed by atoms with Crippen LogP contribution in [0.3, 0.4) is 0 Å². The number of amides is 2. The Hall–Kier alpha value is -5.07. The number of ether oxygens (including phenoxy) is 8. The molecule has 4 saturated heterocycles. The lowest BCUT2D eigenvalue weighted by Crippen LogP contribution is -2.64. The third-order valence-corrected chi connectivity index (χ3v) is 21.1. The number of methoxy groups -OCH3 is 1. The van der Waals surface area contributed by atoms with Crippen molar-refractivity contribution in [3.8, 4) is 0 Å². The Balaban J connectivity index is 0.00000484. The number of aromatic nitrogens is 12. The van der Waals surface area contributed by atoms with Gasteiger partial charge >= 0.3 is 0 Å². The molecule has 39 nitrogen and oxygen atoms in total. The molecule has 8 heterocycles. The molecule has 0 saturated carbocycles. The highest BCUT2D eigenvalue weighted by Crippen LogP contribution is 2.34. The molecule has 40 heteroatoms. The molecule has 0 radical (unpaired) electrons. The SMILES string of the molecule is C.C.C.CC(=O)N[C@H]1[C@H](OCCCCCn2cc(CN(CCCCC(N(Cc3cn(CCCCCO[C@@H]4O[C@H](CO)[C@H](O)[C@H](O)[C@H]4C)nn3)Cc3cn(CCCCCO[C@@H]4O[C@H](CO)[C@H](O)[C@H](O)[C@H]4NC(C)=O)nn3)C(C)(C)C)Cc3cn(CCCCCC[C@@H]4O[C@H](CO)[C@H](O)[C@H](O)[C@H]4C)nn3)nn2)O[C@H](CO)[C@H](O)[C@@H]1O.CCC.CNC.COC.CSC. The summed E-state index contributed by atoms with van der Waals surface area (Å²) < 4.78 is 52.6. The number of aliphatic hydroxyl groups excluding tert-OH is 12.